The second-order valence-electron chi connectivity index (χ2n) is 4.23. The Labute approximate surface area is 128 Å². The zero-order valence-electron chi connectivity index (χ0n) is 11.0. The van der Waals surface area contributed by atoms with Crippen molar-refractivity contribution >= 4 is 17.4 Å². The van der Waals surface area contributed by atoms with E-state index >= 15 is 0 Å². The van der Waals surface area contributed by atoms with E-state index in [9.17, 15) is 0 Å². The van der Waals surface area contributed by atoms with Crippen LogP contribution in [-0.4, -0.2) is 35.7 Å². The molecule has 0 amide bonds. The maximum Gasteiger partial charge on any atom is 1.00 e. The average Bonchev–Trinajstić information content (AvgIpc) is 2.31. The summed E-state index contributed by atoms with van der Waals surface area (Å²) in [6.07, 6.45) is 3.51. The third-order valence-electron chi connectivity index (χ3n) is 3.07. The molecule has 1 aliphatic rings. The summed E-state index contributed by atoms with van der Waals surface area (Å²) in [5.41, 5.74) is 2.37. The van der Waals surface area contributed by atoms with Gasteiger partial charge in [-0.25, -0.2) is 0 Å². The first-order valence-corrected chi connectivity index (χ1v) is 5.65. The topological polar surface area (TPSA) is 29.5 Å². The van der Waals surface area contributed by atoms with Gasteiger partial charge in [-0.3, -0.25) is 0 Å². The predicted molar refractivity (Wildman–Crippen MR) is 70.7 cm³/mol. The number of benzene rings is 1. The summed E-state index contributed by atoms with van der Waals surface area (Å²) < 4.78 is 5.34. The number of aliphatic hydroxyl groups excluding tert-OH is 1. The van der Waals surface area contributed by atoms with E-state index in [1.165, 1.54) is 18.4 Å². The first-order valence-electron chi connectivity index (χ1n) is 5.65. The summed E-state index contributed by atoms with van der Waals surface area (Å²) >= 11 is 0. The zero-order chi connectivity index (χ0) is 10.5. The van der Waals surface area contributed by atoms with Gasteiger partial charge in [0.15, 0.2) is 17.4 Å². The van der Waals surface area contributed by atoms with Gasteiger partial charge in [0.2, 0.25) is 0 Å². The van der Waals surface area contributed by atoms with Crippen LogP contribution >= 0.6 is 0 Å². The molecule has 0 aromatic heterocycles. The molecule has 0 saturated carbocycles. The fraction of sp³-hybridized carbons (Fsp3) is 0.538. The van der Waals surface area contributed by atoms with Crippen molar-refractivity contribution in [2.45, 2.75) is 25.9 Å². The van der Waals surface area contributed by atoms with Crippen molar-refractivity contribution in [1.29, 1.82) is 0 Å². The molecule has 4 heteroatoms. The molecule has 2 nitrogen and oxygen atoms in total. The van der Waals surface area contributed by atoms with Crippen molar-refractivity contribution in [3.63, 3.8) is 0 Å². The quantitative estimate of drug-likeness (QED) is 0.628. The second kappa shape index (κ2) is 9.23. The molecular formula is C13H22AlLiO2. The first kappa shape index (κ1) is 17.3. The van der Waals surface area contributed by atoms with E-state index in [0.29, 0.717) is 0 Å². The minimum atomic E-state index is 0. The minimum absolute atomic E-state index is 0. The smallest absolute Gasteiger partial charge is 1.00 e. The summed E-state index contributed by atoms with van der Waals surface area (Å²) in [6.45, 7) is 1.97. The summed E-state index contributed by atoms with van der Waals surface area (Å²) in [5.74, 6) is 0.777. The van der Waals surface area contributed by atoms with E-state index in [1.807, 2.05) is 12.1 Å². The molecule has 0 bridgehead atoms. The third-order valence-corrected chi connectivity index (χ3v) is 3.07. The number of rotatable bonds is 3. The summed E-state index contributed by atoms with van der Waals surface area (Å²) in [5, 5.41) is 8.93. The van der Waals surface area contributed by atoms with Crippen molar-refractivity contribution in [3.8, 4) is 0 Å². The van der Waals surface area contributed by atoms with Crippen molar-refractivity contribution in [2.24, 2.45) is 5.92 Å². The Balaban J connectivity index is 0. The van der Waals surface area contributed by atoms with Gasteiger partial charge in [-0.1, -0.05) is 24.3 Å². The van der Waals surface area contributed by atoms with Gasteiger partial charge in [0.25, 0.3) is 0 Å². The van der Waals surface area contributed by atoms with Crippen LogP contribution in [0.15, 0.2) is 24.3 Å². The molecule has 1 aromatic rings. The zero-order valence-corrected chi connectivity index (χ0v) is 9.98. The van der Waals surface area contributed by atoms with Crippen molar-refractivity contribution in [2.75, 3.05) is 13.2 Å². The molecule has 0 atom stereocenters. The van der Waals surface area contributed by atoms with Gasteiger partial charge in [-0.05, 0) is 36.3 Å². The Hall–Kier alpha value is 0.270. The molecule has 1 saturated heterocycles. The van der Waals surface area contributed by atoms with Gasteiger partial charge >= 0.3 is 18.9 Å². The SMILES string of the molecule is OCc1ccc(CC2CCOCC2)cc1.[AlH3].[H-].[Li+]. The number of hydrogen-bond acceptors (Lipinski definition) is 2. The average molecular weight is 244 g/mol. The molecule has 90 valence electrons. The Bertz CT molecular complexity index is 302. The first-order chi connectivity index (χ1) is 7.38. The monoisotopic (exact) mass is 244 g/mol. The van der Waals surface area contributed by atoms with Crippen LogP contribution in [-0.2, 0) is 17.8 Å². The van der Waals surface area contributed by atoms with Crippen LogP contribution in [0.25, 0.3) is 0 Å². The number of aliphatic hydroxyl groups is 1. The van der Waals surface area contributed by atoms with E-state index in [1.54, 1.807) is 0 Å². The molecule has 1 fully saturated rings. The van der Waals surface area contributed by atoms with E-state index in [2.05, 4.69) is 12.1 Å². The van der Waals surface area contributed by atoms with Crippen molar-refractivity contribution < 1.29 is 30.1 Å². The fourth-order valence-electron chi connectivity index (χ4n) is 2.06. The van der Waals surface area contributed by atoms with Crippen molar-refractivity contribution in [3.05, 3.63) is 35.4 Å². The predicted octanol–water partition coefficient (Wildman–Crippen LogP) is -1.92. The Morgan fingerprint density at radius 3 is 2.18 bits per heavy atom. The van der Waals surface area contributed by atoms with Crippen LogP contribution in [0.1, 0.15) is 25.4 Å². The summed E-state index contributed by atoms with van der Waals surface area (Å²) in [4.78, 5) is 0. The van der Waals surface area contributed by atoms with Crippen molar-refractivity contribution in [1.82, 2.24) is 0 Å². The molecule has 1 aromatic carbocycles. The van der Waals surface area contributed by atoms with E-state index in [-0.39, 0.29) is 44.3 Å². The van der Waals surface area contributed by atoms with Gasteiger partial charge in [0.05, 0.1) is 6.61 Å². The maximum atomic E-state index is 8.93. The Morgan fingerprint density at radius 2 is 1.65 bits per heavy atom. The molecule has 1 heterocycles. The Kier molecular flexibility index (Phi) is 9.38. The molecule has 17 heavy (non-hydrogen) atoms. The van der Waals surface area contributed by atoms with Gasteiger partial charge in [-0.2, -0.15) is 0 Å². The van der Waals surface area contributed by atoms with Crippen LogP contribution < -0.4 is 18.9 Å². The van der Waals surface area contributed by atoms with Crippen LogP contribution in [0.5, 0.6) is 0 Å². The fourth-order valence-corrected chi connectivity index (χ4v) is 2.06. The van der Waals surface area contributed by atoms with Crippen LogP contribution in [0.4, 0.5) is 0 Å². The maximum absolute atomic E-state index is 8.93. The van der Waals surface area contributed by atoms with E-state index in [0.717, 1.165) is 31.1 Å². The molecule has 0 radical (unpaired) electrons. The van der Waals surface area contributed by atoms with Crippen LogP contribution in [0.3, 0.4) is 0 Å². The second-order valence-corrected chi connectivity index (χ2v) is 4.23. The number of ether oxygens (including phenoxy) is 1. The standard InChI is InChI=1S/C13H18O2.Al.Li.4H/c14-10-13-3-1-11(2-4-13)9-12-5-7-15-8-6-12;;;;;;/h1-4,12,14H,5-10H2;;;;;;/q;;+1;;;;-1. The summed E-state index contributed by atoms with van der Waals surface area (Å²) in [7, 11) is 0. The number of hydrogen-bond donors (Lipinski definition) is 1. The minimum Gasteiger partial charge on any atom is -1.00 e. The molecule has 0 unspecified atom stereocenters. The molecule has 1 aliphatic heterocycles. The normalized spacial score (nSPS) is 15.8. The van der Waals surface area contributed by atoms with E-state index < -0.39 is 0 Å². The molecule has 1 N–H and O–H groups in total. The molecule has 0 spiro atoms. The van der Waals surface area contributed by atoms with Gasteiger partial charge in [0.1, 0.15) is 0 Å². The third kappa shape index (κ3) is 5.62. The molecule has 2 rings (SSSR count). The Morgan fingerprint density at radius 1 is 1.12 bits per heavy atom. The van der Waals surface area contributed by atoms with Gasteiger partial charge < -0.3 is 11.3 Å². The van der Waals surface area contributed by atoms with Crippen LogP contribution in [0, 0.1) is 5.92 Å². The molecular weight excluding hydrogens is 222 g/mol. The van der Waals surface area contributed by atoms with Gasteiger partial charge in [0, 0.05) is 13.2 Å². The van der Waals surface area contributed by atoms with Crippen LogP contribution in [0.2, 0.25) is 0 Å². The van der Waals surface area contributed by atoms with E-state index in [4.69, 9.17) is 9.84 Å². The molecule has 0 aliphatic carbocycles. The largest absolute Gasteiger partial charge is 1.00 e. The summed E-state index contributed by atoms with van der Waals surface area (Å²) in [6, 6.07) is 8.27. The van der Waals surface area contributed by atoms with Gasteiger partial charge in [-0.15, -0.1) is 0 Å².